The molecule has 1 aromatic heterocycles. The van der Waals surface area contributed by atoms with E-state index in [-0.39, 0.29) is 5.69 Å². The molecule has 0 atom stereocenters. The summed E-state index contributed by atoms with van der Waals surface area (Å²) < 4.78 is 15.9. The summed E-state index contributed by atoms with van der Waals surface area (Å²) in [4.78, 5) is 3.94. The monoisotopic (exact) mass is 256 g/mol. The number of aromatic nitrogens is 1. The van der Waals surface area contributed by atoms with Gasteiger partial charge in [0.1, 0.15) is 23.3 Å². The number of rotatable bonds is 4. The summed E-state index contributed by atoms with van der Waals surface area (Å²) in [6.07, 6.45) is 1.46. The van der Waals surface area contributed by atoms with Gasteiger partial charge in [0.25, 0.3) is 0 Å². The quantitative estimate of drug-likeness (QED) is 0.841. The number of hydrogen-bond acceptors (Lipinski definition) is 5. The number of ether oxygens (including phenoxy) is 3. The van der Waals surface area contributed by atoms with Gasteiger partial charge in [0, 0.05) is 6.07 Å². The summed E-state index contributed by atoms with van der Waals surface area (Å²) in [5, 5.41) is 8.77. The molecule has 0 aliphatic rings. The second kappa shape index (κ2) is 5.74. The molecule has 0 N–H and O–H groups in total. The van der Waals surface area contributed by atoms with Crippen LogP contribution in [0.4, 0.5) is 0 Å². The molecule has 0 fully saturated rings. The maximum Gasteiger partial charge on any atom is 0.187 e. The van der Waals surface area contributed by atoms with Crippen molar-refractivity contribution in [1.82, 2.24) is 4.98 Å². The van der Waals surface area contributed by atoms with Gasteiger partial charge in [-0.15, -0.1) is 0 Å². The SMILES string of the molecule is COc1ccc(Oc2cnc(C#N)cc2OC)cc1. The molecular weight excluding hydrogens is 244 g/mol. The third-order valence-corrected chi connectivity index (χ3v) is 2.45. The van der Waals surface area contributed by atoms with Crippen LogP contribution in [0.15, 0.2) is 36.5 Å². The van der Waals surface area contributed by atoms with Gasteiger partial charge in [0.2, 0.25) is 0 Å². The highest BCUT2D eigenvalue weighted by atomic mass is 16.5. The lowest BCUT2D eigenvalue weighted by molar-refractivity contribution is 0.376. The Kier molecular flexibility index (Phi) is 3.84. The predicted molar refractivity (Wildman–Crippen MR) is 68.6 cm³/mol. The summed E-state index contributed by atoms with van der Waals surface area (Å²) in [6.45, 7) is 0. The lowest BCUT2D eigenvalue weighted by Gasteiger charge is -2.10. The molecule has 0 spiro atoms. The fourth-order valence-corrected chi connectivity index (χ4v) is 1.49. The van der Waals surface area contributed by atoms with E-state index in [4.69, 9.17) is 19.5 Å². The average molecular weight is 256 g/mol. The zero-order valence-corrected chi connectivity index (χ0v) is 10.6. The Balaban J connectivity index is 2.24. The Bertz CT molecular complexity index is 603. The standard InChI is InChI=1S/C14H12N2O3/c1-17-11-3-5-12(6-4-11)19-14-9-16-10(8-15)7-13(14)18-2/h3-7,9H,1-2H3. The maximum absolute atomic E-state index is 8.77. The lowest BCUT2D eigenvalue weighted by atomic mass is 10.3. The van der Waals surface area contributed by atoms with E-state index < -0.39 is 0 Å². The van der Waals surface area contributed by atoms with Crippen LogP contribution in [0, 0.1) is 11.3 Å². The van der Waals surface area contributed by atoms with Crippen molar-refractivity contribution in [2.75, 3.05) is 14.2 Å². The van der Waals surface area contributed by atoms with Gasteiger partial charge in [-0.05, 0) is 24.3 Å². The number of pyridine rings is 1. The Morgan fingerprint density at radius 2 is 1.68 bits per heavy atom. The third kappa shape index (κ3) is 2.93. The zero-order valence-electron chi connectivity index (χ0n) is 10.6. The smallest absolute Gasteiger partial charge is 0.187 e. The molecule has 1 aromatic carbocycles. The fraction of sp³-hybridized carbons (Fsp3) is 0.143. The van der Waals surface area contributed by atoms with Gasteiger partial charge in [0.05, 0.1) is 20.4 Å². The number of hydrogen-bond donors (Lipinski definition) is 0. The summed E-state index contributed by atoms with van der Waals surface area (Å²) in [5.74, 6) is 2.29. The van der Waals surface area contributed by atoms with Gasteiger partial charge in [0.15, 0.2) is 11.5 Å². The molecule has 0 aliphatic carbocycles. The Labute approximate surface area is 111 Å². The van der Waals surface area contributed by atoms with E-state index in [1.165, 1.54) is 19.4 Å². The molecule has 0 radical (unpaired) electrons. The van der Waals surface area contributed by atoms with Crippen LogP contribution in [-0.2, 0) is 0 Å². The largest absolute Gasteiger partial charge is 0.497 e. The Hall–Kier alpha value is -2.74. The minimum Gasteiger partial charge on any atom is -0.497 e. The minimum atomic E-state index is 0.277. The second-order valence-electron chi connectivity index (χ2n) is 3.61. The van der Waals surface area contributed by atoms with Crippen LogP contribution >= 0.6 is 0 Å². The molecule has 0 bridgehead atoms. The van der Waals surface area contributed by atoms with Gasteiger partial charge < -0.3 is 14.2 Å². The van der Waals surface area contributed by atoms with Crippen molar-refractivity contribution >= 4 is 0 Å². The van der Waals surface area contributed by atoms with E-state index in [0.717, 1.165) is 5.75 Å². The molecular formula is C14H12N2O3. The molecule has 2 aromatic rings. The first-order chi connectivity index (χ1) is 9.26. The van der Waals surface area contributed by atoms with Crippen LogP contribution in [0.2, 0.25) is 0 Å². The van der Waals surface area contributed by atoms with E-state index in [1.807, 2.05) is 6.07 Å². The van der Waals surface area contributed by atoms with Crippen molar-refractivity contribution in [2.24, 2.45) is 0 Å². The molecule has 0 amide bonds. The molecule has 5 heteroatoms. The third-order valence-electron chi connectivity index (χ3n) is 2.45. The van der Waals surface area contributed by atoms with E-state index in [1.54, 1.807) is 31.4 Å². The van der Waals surface area contributed by atoms with Gasteiger partial charge in [-0.1, -0.05) is 0 Å². The van der Waals surface area contributed by atoms with Crippen molar-refractivity contribution in [1.29, 1.82) is 5.26 Å². The van der Waals surface area contributed by atoms with Gasteiger partial charge >= 0.3 is 0 Å². The van der Waals surface area contributed by atoms with E-state index >= 15 is 0 Å². The molecule has 1 heterocycles. The highest BCUT2D eigenvalue weighted by molar-refractivity contribution is 5.45. The fourth-order valence-electron chi connectivity index (χ4n) is 1.49. The van der Waals surface area contributed by atoms with Gasteiger partial charge in [-0.25, -0.2) is 4.98 Å². The first-order valence-electron chi connectivity index (χ1n) is 5.53. The molecule has 19 heavy (non-hydrogen) atoms. The van der Waals surface area contributed by atoms with Crippen molar-refractivity contribution in [3.05, 3.63) is 42.2 Å². The van der Waals surface area contributed by atoms with Crippen LogP contribution in [0.3, 0.4) is 0 Å². The van der Waals surface area contributed by atoms with Crippen molar-refractivity contribution < 1.29 is 14.2 Å². The van der Waals surface area contributed by atoms with Crippen LogP contribution in [0.5, 0.6) is 23.0 Å². The van der Waals surface area contributed by atoms with Crippen molar-refractivity contribution in [3.63, 3.8) is 0 Å². The van der Waals surface area contributed by atoms with E-state index in [0.29, 0.717) is 17.2 Å². The Morgan fingerprint density at radius 1 is 1.00 bits per heavy atom. The zero-order chi connectivity index (χ0) is 13.7. The molecule has 0 aliphatic heterocycles. The summed E-state index contributed by atoms with van der Waals surface area (Å²) in [6, 6.07) is 10.6. The number of nitrogens with zero attached hydrogens (tertiary/aromatic N) is 2. The molecule has 0 saturated heterocycles. The average Bonchev–Trinajstić information content (AvgIpc) is 2.48. The van der Waals surface area contributed by atoms with Crippen molar-refractivity contribution in [3.8, 4) is 29.1 Å². The van der Waals surface area contributed by atoms with Crippen LogP contribution < -0.4 is 14.2 Å². The summed E-state index contributed by atoms with van der Waals surface area (Å²) in [7, 11) is 3.11. The molecule has 96 valence electrons. The molecule has 5 nitrogen and oxygen atoms in total. The first-order valence-corrected chi connectivity index (χ1v) is 5.53. The topological polar surface area (TPSA) is 64.4 Å². The normalized spacial score (nSPS) is 9.53. The minimum absolute atomic E-state index is 0.277. The molecule has 2 rings (SSSR count). The number of benzene rings is 1. The number of methoxy groups -OCH3 is 2. The number of nitriles is 1. The second-order valence-corrected chi connectivity index (χ2v) is 3.61. The van der Waals surface area contributed by atoms with Crippen LogP contribution in [-0.4, -0.2) is 19.2 Å². The maximum atomic E-state index is 8.77. The Morgan fingerprint density at radius 3 is 2.26 bits per heavy atom. The van der Waals surface area contributed by atoms with Crippen LogP contribution in [0.25, 0.3) is 0 Å². The summed E-state index contributed by atoms with van der Waals surface area (Å²) in [5.41, 5.74) is 0.277. The molecule has 0 saturated carbocycles. The van der Waals surface area contributed by atoms with Crippen LogP contribution in [0.1, 0.15) is 5.69 Å². The van der Waals surface area contributed by atoms with Gasteiger partial charge in [-0.3, -0.25) is 0 Å². The predicted octanol–water partition coefficient (Wildman–Crippen LogP) is 2.76. The first kappa shape index (κ1) is 12.7. The molecule has 0 unspecified atom stereocenters. The van der Waals surface area contributed by atoms with Crippen molar-refractivity contribution in [2.45, 2.75) is 0 Å². The highest BCUT2D eigenvalue weighted by Crippen LogP contribution is 2.31. The van der Waals surface area contributed by atoms with E-state index in [9.17, 15) is 0 Å². The lowest BCUT2D eigenvalue weighted by Crippen LogP contribution is -1.93. The van der Waals surface area contributed by atoms with E-state index in [2.05, 4.69) is 4.98 Å². The highest BCUT2D eigenvalue weighted by Gasteiger charge is 2.08. The summed E-state index contributed by atoms with van der Waals surface area (Å²) >= 11 is 0. The van der Waals surface area contributed by atoms with Gasteiger partial charge in [-0.2, -0.15) is 5.26 Å².